The normalized spacial score (nSPS) is 10.2. The van der Waals surface area contributed by atoms with Gasteiger partial charge in [0.15, 0.2) is 0 Å². The van der Waals surface area contributed by atoms with Crippen LogP contribution in [0.4, 0.5) is 5.69 Å². The highest BCUT2D eigenvalue weighted by molar-refractivity contribution is 7.99. The predicted octanol–water partition coefficient (Wildman–Crippen LogP) is 3.75. The van der Waals surface area contributed by atoms with Crippen molar-refractivity contribution in [1.82, 2.24) is 0 Å². The fraction of sp³-hybridized carbons (Fsp3) is 0.0714. The lowest BCUT2D eigenvalue weighted by molar-refractivity contribution is -0.385. The fourth-order valence-corrected chi connectivity index (χ4v) is 2.72. The van der Waals surface area contributed by atoms with Crippen molar-refractivity contribution in [3.8, 4) is 0 Å². The van der Waals surface area contributed by atoms with Crippen molar-refractivity contribution in [2.75, 3.05) is 0 Å². The van der Waals surface area contributed by atoms with E-state index in [4.69, 9.17) is 5.11 Å². The summed E-state index contributed by atoms with van der Waals surface area (Å²) in [6.07, 6.45) is 0. The second-order valence-corrected chi connectivity index (χ2v) is 5.19. The molecule has 1 N–H and O–H groups in total. The molecule has 0 aliphatic carbocycles. The van der Waals surface area contributed by atoms with Crippen LogP contribution in [0.25, 0.3) is 0 Å². The minimum absolute atomic E-state index is 0.00842. The maximum atomic E-state index is 11.2. The Morgan fingerprint density at radius 3 is 2.55 bits per heavy atom. The first kappa shape index (κ1) is 14.1. The van der Waals surface area contributed by atoms with Gasteiger partial charge in [0.25, 0.3) is 5.69 Å². The van der Waals surface area contributed by atoms with Crippen LogP contribution in [-0.2, 0) is 0 Å². The lowest BCUT2D eigenvalue weighted by Crippen LogP contribution is -1.98. The van der Waals surface area contributed by atoms with E-state index in [1.807, 2.05) is 6.92 Å². The molecule has 0 radical (unpaired) electrons. The van der Waals surface area contributed by atoms with Gasteiger partial charge in [0.2, 0.25) is 0 Å². The average molecular weight is 289 g/mol. The highest BCUT2D eigenvalue weighted by Gasteiger charge is 2.14. The largest absolute Gasteiger partial charge is 0.478 e. The Labute approximate surface area is 119 Å². The van der Waals surface area contributed by atoms with E-state index in [1.165, 1.54) is 30.0 Å². The molecular formula is C14H11NO4S. The van der Waals surface area contributed by atoms with Gasteiger partial charge in [-0.15, -0.1) is 0 Å². The van der Waals surface area contributed by atoms with Gasteiger partial charge < -0.3 is 5.11 Å². The third-order valence-electron chi connectivity index (χ3n) is 2.72. The molecule has 2 aromatic carbocycles. The zero-order valence-corrected chi connectivity index (χ0v) is 11.4. The van der Waals surface area contributed by atoms with Crippen LogP contribution < -0.4 is 0 Å². The molecule has 20 heavy (non-hydrogen) atoms. The smallest absolute Gasteiger partial charge is 0.336 e. The highest BCUT2D eigenvalue weighted by Crippen LogP contribution is 2.34. The number of carboxylic acids is 1. The van der Waals surface area contributed by atoms with E-state index in [1.54, 1.807) is 24.3 Å². The number of benzene rings is 2. The number of aryl methyl sites for hydroxylation is 1. The zero-order chi connectivity index (χ0) is 14.7. The second-order valence-electron chi connectivity index (χ2n) is 4.11. The molecule has 102 valence electrons. The van der Waals surface area contributed by atoms with Crippen LogP contribution in [0.3, 0.4) is 0 Å². The van der Waals surface area contributed by atoms with E-state index in [2.05, 4.69) is 0 Å². The van der Waals surface area contributed by atoms with E-state index in [9.17, 15) is 14.9 Å². The molecule has 0 aliphatic heterocycles. The van der Waals surface area contributed by atoms with Crippen molar-refractivity contribution < 1.29 is 14.8 Å². The molecule has 6 heteroatoms. The second kappa shape index (κ2) is 5.75. The van der Waals surface area contributed by atoms with Crippen molar-refractivity contribution in [2.24, 2.45) is 0 Å². The Hall–Kier alpha value is -2.34. The van der Waals surface area contributed by atoms with Crippen molar-refractivity contribution in [2.45, 2.75) is 16.7 Å². The molecule has 0 aliphatic rings. The Balaban J connectivity index is 2.42. The Kier molecular flexibility index (Phi) is 4.05. The van der Waals surface area contributed by atoms with E-state index in [-0.39, 0.29) is 11.3 Å². The standard InChI is InChI=1S/C14H11NO4S/c1-9-6-7-10(15(18)19)8-13(9)20-12-5-3-2-4-11(12)14(16)17/h2-8H,1H3,(H,16,17). The van der Waals surface area contributed by atoms with Crippen molar-refractivity contribution >= 4 is 23.4 Å². The molecule has 0 heterocycles. The number of hydrogen-bond acceptors (Lipinski definition) is 4. The lowest BCUT2D eigenvalue weighted by atomic mass is 10.2. The summed E-state index contributed by atoms with van der Waals surface area (Å²) in [6, 6.07) is 11.1. The number of aromatic carboxylic acids is 1. The molecule has 0 atom stereocenters. The van der Waals surface area contributed by atoms with Crippen LogP contribution in [0.1, 0.15) is 15.9 Å². The van der Waals surface area contributed by atoms with Gasteiger partial charge in [-0.25, -0.2) is 4.79 Å². The molecular weight excluding hydrogens is 278 g/mol. The van der Waals surface area contributed by atoms with Gasteiger partial charge in [-0.3, -0.25) is 10.1 Å². The molecule has 2 rings (SSSR count). The molecule has 0 unspecified atom stereocenters. The van der Waals surface area contributed by atoms with Gasteiger partial charge >= 0.3 is 5.97 Å². The SMILES string of the molecule is Cc1ccc([N+](=O)[O-])cc1Sc1ccccc1C(=O)O. The van der Waals surface area contributed by atoms with Crippen LogP contribution in [0.15, 0.2) is 52.3 Å². The van der Waals surface area contributed by atoms with E-state index in [0.29, 0.717) is 9.79 Å². The number of rotatable bonds is 4. The first-order valence-corrected chi connectivity index (χ1v) is 6.56. The summed E-state index contributed by atoms with van der Waals surface area (Å²) in [5.41, 5.74) is 1.04. The topological polar surface area (TPSA) is 80.4 Å². The zero-order valence-electron chi connectivity index (χ0n) is 10.6. The van der Waals surface area contributed by atoms with E-state index < -0.39 is 10.9 Å². The van der Waals surface area contributed by atoms with Gasteiger partial charge in [-0.2, -0.15) is 0 Å². The molecule has 5 nitrogen and oxygen atoms in total. The summed E-state index contributed by atoms with van der Waals surface area (Å²) >= 11 is 1.22. The molecule has 0 fully saturated rings. The summed E-state index contributed by atoms with van der Waals surface area (Å²) < 4.78 is 0. The van der Waals surface area contributed by atoms with E-state index >= 15 is 0 Å². The summed E-state index contributed by atoms with van der Waals surface area (Å²) in [7, 11) is 0. The monoisotopic (exact) mass is 289 g/mol. The number of carboxylic acid groups (broad SMARTS) is 1. The Morgan fingerprint density at radius 2 is 1.90 bits per heavy atom. The molecule has 0 bridgehead atoms. The van der Waals surface area contributed by atoms with Crippen LogP contribution in [0.5, 0.6) is 0 Å². The maximum Gasteiger partial charge on any atom is 0.336 e. The molecule has 0 spiro atoms. The molecule has 0 saturated carbocycles. The lowest BCUT2D eigenvalue weighted by Gasteiger charge is -2.08. The number of nitro groups is 1. The Morgan fingerprint density at radius 1 is 1.20 bits per heavy atom. The quantitative estimate of drug-likeness (QED) is 0.684. The van der Waals surface area contributed by atoms with Crippen molar-refractivity contribution in [1.29, 1.82) is 0 Å². The molecule has 0 amide bonds. The first-order valence-electron chi connectivity index (χ1n) is 5.74. The fourth-order valence-electron chi connectivity index (χ4n) is 1.66. The third-order valence-corrected chi connectivity index (χ3v) is 3.96. The summed E-state index contributed by atoms with van der Waals surface area (Å²) in [4.78, 5) is 22.7. The summed E-state index contributed by atoms with van der Waals surface area (Å²) in [6.45, 7) is 1.83. The third kappa shape index (κ3) is 2.97. The van der Waals surface area contributed by atoms with Gasteiger partial charge in [-0.1, -0.05) is 30.0 Å². The highest BCUT2D eigenvalue weighted by atomic mass is 32.2. The van der Waals surface area contributed by atoms with E-state index in [0.717, 1.165) is 5.56 Å². The van der Waals surface area contributed by atoms with Gasteiger partial charge in [0, 0.05) is 21.9 Å². The Bertz CT molecular complexity index is 685. The first-order chi connectivity index (χ1) is 9.49. The predicted molar refractivity (Wildman–Crippen MR) is 75.4 cm³/mol. The molecule has 0 saturated heterocycles. The number of hydrogen-bond donors (Lipinski definition) is 1. The average Bonchev–Trinajstić information content (AvgIpc) is 2.41. The van der Waals surface area contributed by atoms with Gasteiger partial charge in [0.1, 0.15) is 0 Å². The van der Waals surface area contributed by atoms with Crippen LogP contribution in [0.2, 0.25) is 0 Å². The van der Waals surface area contributed by atoms with Gasteiger partial charge in [-0.05, 0) is 24.6 Å². The van der Waals surface area contributed by atoms with Crippen molar-refractivity contribution in [3.05, 3.63) is 63.7 Å². The minimum atomic E-state index is -1.02. The van der Waals surface area contributed by atoms with Crippen LogP contribution in [-0.4, -0.2) is 16.0 Å². The number of nitrogens with zero attached hydrogens (tertiary/aromatic N) is 1. The maximum absolute atomic E-state index is 11.2. The number of non-ortho nitro benzene ring substituents is 1. The number of carbonyl (C=O) groups is 1. The van der Waals surface area contributed by atoms with Crippen LogP contribution >= 0.6 is 11.8 Å². The molecule has 0 aromatic heterocycles. The van der Waals surface area contributed by atoms with Crippen molar-refractivity contribution in [3.63, 3.8) is 0 Å². The minimum Gasteiger partial charge on any atom is -0.478 e. The summed E-state index contributed by atoms with van der Waals surface area (Å²) in [5.74, 6) is -1.02. The summed E-state index contributed by atoms with van der Waals surface area (Å²) in [5, 5.41) is 19.9. The van der Waals surface area contributed by atoms with Crippen LogP contribution in [0, 0.1) is 17.0 Å². The number of nitro benzene ring substituents is 1. The van der Waals surface area contributed by atoms with Gasteiger partial charge in [0.05, 0.1) is 10.5 Å². The molecule has 2 aromatic rings.